The molecule has 0 bridgehead atoms. The topological polar surface area (TPSA) is 45.7 Å². The molecular weight excluding hydrogens is 465 g/mol. The van der Waals surface area contributed by atoms with Crippen molar-refractivity contribution in [2.45, 2.75) is 30.4 Å². The monoisotopic (exact) mass is 497 g/mol. The standard InChI is InChI=1S/C18H31N3OS2.HI/c1-14(12-24-16-10-8-7-9-15(16)22-5)11-20-17(19-4)21-13-18(2,3)23-6;/h7-10,14H,11-13H2,1-6H3,(H2,19,20,21);1H. The second kappa shape index (κ2) is 13.0. The number of hydrogen-bond acceptors (Lipinski definition) is 4. The Morgan fingerprint density at radius 3 is 2.56 bits per heavy atom. The minimum atomic E-state index is 0. The predicted molar refractivity (Wildman–Crippen MR) is 125 cm³/mol. The van der Waals surface area contributed by atoms with Gasteiger partial charge in [-0.15, -0.1) is 35.7 Å². The normalized spacial score (nSPS) is 13.0. The summed E-state index contributed by atoms with van der Waals surface area (Å²) in [5, 5.41) is 6.82. The first-order valence-corrected chi connectivity index (χ1v) is 10.4. The Morgan fingerprint density at radius 1 is 1.28 bits per heavy atom. The molecule has 1 atom stereocenters. The zero-order valence-corrected chi connectivity index (χ0v) is 20.1. The van der Waals surface area contributed by atoms with Crippen molar-refractivity contribution < 1.29 is 4.74 Å². The van der Waals surface area contributed by atoms with Crippen LogP contribution in [0.1, 0.15) is 20.8 Å². The van der Waals surface area contributed by atoms with Gasteiger partial charge < -0.3 is 15.4 Å². The average molecular weight is 498 g/mol. The van der Waals surface area contributed by atoms with Crippen LogP contribution in [0.2, 0.25) is 0 Å². The summed E-state index contributed by atoms with van der Waals surface area (Å²) in [5.74, 6) is 3.36. The minimum absolute atomic E-state index is 0. The van der Waals surface area contributed by atoms with Crippen molar-refractivity contribution in [3.8, 4) is 5.75 Å². The number of methoxy groups -OCH3 is 1. The Morgan fingerprint density at radius 2 is 1.96 bits per heavy atom. The number of aliphatic imine (C=N–C) groups is 1. The summed E-state index contributed by atoms with van der Waals surface area (Å²) >= 11 is 3.68. The van der Waals surface area contributed by atoms with E-state index in [0.717, 1.165) is 30.6 Å². The highest BCUT2D eigenvalue weighted by atomic mass is 127. The van der Waals surface area contributed by atoms with E-state index in [-0.39, 0.29) is 28.7 Å². The molecule has 4 nitrogen and oxygen atoms in total. The second-order valence-electron chi connectivity index (χ2n) is 6.34. The number of hydrogen-bond donors (Lipinski definition) is 2. The molecule has 0 saturated heterocycles. The fourth-order valence-corrected chi connectivity index (χ4v) is 3.16. The third kappa shape index (κ3) is 9.84. The van der Waals surface area contributed by atoms with Crippen LogP contribution in [0, 0.1) is 5.92 Å². The smallest absolute Gasteiger partial charge is 0.191 e. The molecular formula is C18H32IN3OS2. The second-order valence-corrected chi connectivity index (χ2v) is 8.91. The van der Waals surface area contributed by atoms with Gasteiger partial charge in [0.25, 0.3) is 0 Å². The van der Waals surface area contributed by atoms with Crippen molar-refractivity contribution in [2.24, 2.45) is 10.9 Å². The van der Waals surface area contributed by atoms with Gasteiger partial charge in [0.2, 0.25) is 0 Å². The molecule has 0 amide bonds. The number of rotatable bonds is 9. The van der Waals surface area contributed by atoms with E-state index in [1.807, 2.05) is 48.8 Å². The van der Waals surface area contributed by atoms with Gasteiger partial charge in [-0.05, 0) is 38.2 Å². The van der Waals surface area contributed by atoms with Crippen LogP contribution in [0.15, 0.2) is 34.2 Å². The number of nitrogens with one attached hydrogen (secondary N) is 2. The van der Waals surface area contributed by atoms with E-state index in [2.05, 4.69) is 48.7 Å². The van der Waals surface area contributed by atoms with Gasteiger partial charge in [-0.25, -0.2) is 0 Å². The first kappa shape index (κ1) is 24.7. The molecule has 0 spiro atoms. The van der Waals surface area contributed by atoms with Crippen LogP contribution in [0.25, 0.3) is 0 Å². The van der Waals surface area contributed by atoms with Crippen molar-refractivity contribution >= 4 is 53.5 Å². The summed E-state index contributed by atoms with van der Waals surface area (Å²) < 4.78 is 5.60. The SMILES string of the molecule is CN=C(NCC(C)CSc1ccccc1OC)NCC(C)(C)SC.I. The zero-order valence-electron chi connectivity index (χ0n) is 16.1. The summed E-state index contributed by atoms with van der Waals surface area (Å²) in [6, 6.07) is 8.16. The summed E-state index contributed by atoms with van der Waals surface area (Å²) in [5.41, 5.74) is 0. The van der Waals surface area contributed by atoms with Crippen LogP contribution >= 0.6 is 47.5 Å². The lowest BCUT2D eigenvalue weighted by Gasteiger charge is -2.24. The average Bonchev–Trinajstić information content (AvgIpc) is 2.60. The van der Waals surface area contributed by atoms with Gasteiger partial charge in [-0.3, -0.25) is 4.99 Å². The number of para-hydroxylation sites is 1. The van der Waals surface area contributed by atoms with Crippen LogP contribution in [-0.2, 0) is 0 Å². The summed E-state index contributed by atoms with van der Waals surface area (Å²) in [6.45, 7) is 8.48. The highest BCUT2D eigenvalue weighted by Gasteiger charge is 2.16. The third-order valence-corrected chi connectivity index (χ3v) is 6.30. The van der Waals surface area contributed by atoms with Crippen molar-refractivity contribution in [3.05, 3.63) is 24.3 Å². The van der Waals surface area contributed by atoms with E-state index < -0.39 is 0 Å². The number of nitrogens with zero attached hydrogens (tertiary/aromatic N) is 1. The maximum Gasteiger partial charge on any atom is 0.191 e. The molecule has 0 saturated carbocycles. The minimum Gasteiger partial charge on any atom is -0.496 e. The van der Waals surface area contributed by atoms with Gasteiger partial charge in [-0.2, -0.15) is 11.8 Å². The van der Waals surface area contributed by atoms with Crippen LogP contribution in [-0.4, -0.2) is 50.0 Å². The third-order valence-electron chi connectivity index (χ3n) is 3.67. The number of ether oxygens (including phenoxy) is 1. The molecule has 0 aliphatic heterocycles. The number of guanidine groups is 1. The highest BCUT2D eigenvalue weighted by Crippen LogP contribution is 2.29. The molecule has 0 aliphatic carbocycles. The predicted octanol–water partition coefficient (Wildman–Crippen LogP) is 4.35. The summed E-state index contributed by atoms with van der Waals surface area (Å²) in [7, 11) is 3.53. The molecule has 1 aromatic rings. The summed E-state index contributed by atoms with van der Waals surface area (Å²) in [6.07, 6.45) is 2.13. The maximum absolute atomic E-state index is 5.40. The number of benzene rings is 1. The van der Waals surface area contributed by atoms with E-state index >= 15 is 0 Å². The van der Waals surface area contributed by atoms with Gasteiger partial charge in [-0.1, -0.05) is 19.1 Å². The molecule has 25 heavy (non-hydrogen) atoms. The number of thioether (sulfide) groups is 2. The van der Waals surface area contributed by atoms with Crippen LogP contribution < -0.4 is 15.4 Å². The van der Waals surface area contributed by atoms with Gasteiger partial charge >= 0.3 is 0 Å². The van der Waals surface area contributed by atoms with E-state index in [4.69, 9.17) is 4.74 Å². The first-order chi connectivity index (χ1) is 11.4. The van der Waals surface area contributed by atoms with E-state index in [1.54, 1.807) is 7.11 Å². The van der Waals surface area contributed by atoms with Crippen molar-refractivity contribution in [1.29, 1.82) is 0 Å². The molecule has 0 radical (unpaired) electrons. The molecule has 0 aliphatic rings. The lowest BCUT2D eigenvalue weighted by molar-refractivity contribution is 0.405. The fourth-order valence-electron chi connectivity index (χ4n) is 1.89. The Labute approximate surface area is 178 Å². The molecule has 1 aromatic carbocycles. The summed E-state index contributed by atoms with van der Waals surface area (Å²) in [4.78, 5) is 5.49. The van der Waals surface area contributed by atoms with Crippen LogP contribution in [0.5, 0.6) is 5.75 Å². The maximum atomic E-state index is 5.40. The zero-order chi connectivity index (χ0) is 18.0. The molecule has 0 heterocycles. The van der Waals surface area contributed by atoms with Crippen molar-refractivity contribution in [2.75, 3.05) is 39.3 Å². The molecule has 144 valence electrons. The Balaban J connectivity index is 0.00000576. The van der Waals surface area contributed by atoms with Gasteiger partial charge in [0.15, 0.2) is 5.96 Å². The van der Waals surface area contributed by atoms with E-state index in [0.29, 0.717) is 5.92 Å². The number of halogens is 1. The van der Waals surface area contributed by atoms with Crippen molar-refractivity contribution in [1.82, 2.24) is 10.6 Å². The quantitative estimate of drug-likeness (QED) is 0.230. The lowest BCUT2D eigenvalue weighted by Crippen LogP contribution is -2.44. The van der Waals surface area contributed by atoms with E-state index in [9.17, 15) is 0 Å². The Bertz CT molecular complexity index is 527. The highest BCUT2D eigenvalue weighted by molar-refractivity contribution is 14.0. The van der Waals surface area contributed by atoms with Crippen molar-refractivity contribution in [3.63, 3.8) is 0 Å². The molecule has 2 N–H and O–H groups in total. The molecule has 0 aromatic heterocycles. The van der Waals surface area contributed by atoms with Crippen LogP contribution in [0.3, 0.4) is 0 Å². The molecule has 0 fully saturated rings. The Kier molecular flexibility index (Phi) is 12.8. The van der Waals surface area contributed by atoms with E-state index in [1.165, 1.54) is 4.90 Å². The molecule has 1 rings (SSSR count). The fraction of sp³-hybridized carbons (Fsp3) is 0.611. The van der Waals surface area contributed by atoms with Gasteiger partial charge in [0.05, 0.1) is 7.11 Å². The van der Waals surface area contributed by atoms with Crippen LogP contribution in [0.4, 0.5) is 0 Å². The molecule has 1 unspecified atom stereocenters. The van der Waals surface area contributed by atoms with Gasteiger partial charge in [0.1, 0.15) is 5.75 Å². The molecule has 7 heteroatoms. The van der Waals surface area contributed by atoms with Gasteiger partial charge in [0, 0.05) is 35.5 Å². The lowest BCUT2D eigenvalue weighted by atomic mass is 10.2. The largest absolute Gasteiger partial charge is 0.496 e. The first-order valence-electron chi connectivity index (χ1n) is 8.17. The Hall–Kier alpha value is -0.280.